The summed E-state index contributed by atoms with van der Waals surface area (Å²) < 4.78 is 0. The van der Waals surface area contributed by atoms with Gasteiger partial charge in [-0.15, -0.1) is 0 Å². The molecule has 1 saturated carbocycles. The maximum absolute atomic E-state index is 6.00. The number of anilines is 1. The highest BCUT2D eigenvalue weighted by Gasteiger charge is 2.27. The van der Waals surface area contributed by atoms with Gasteiger partial charge in [0.25, 0.3) is 0 Å². The van der Waals surface area contributed by atoms with Crippen molar-refractivity contribution in [2.24, 2.45) is 11.8 Å². The van der Waals surface area contributed by atoms with E-state index in [-0.39, 0.29) is 0 Å². The molecule has 0 aliphatic heterocycles. The first-order chi connectivity index (χ1) is 7.66. The van der Waals surface area contributed by atoms with Crippen LogP contribution in [-0.4, -0.2) is 6.04 Å². The molecule has 2 rings (SSSR count). The van der Waals surface area contributed by atoms with Crippen LogP contribution in [0.25, 0.3) is 0 Å². The number of halogens is 1. The van der Waals surface area contributed by atoms with Gasteiger partial charge in [0.05, 0.1) is 0 Å². The number of rotatable bonds is 2. The average molecular weight is 238 g/mol. The highest BCUT2D eigenvalue weighted by molar-refractivity contribution is 6.30. The topological polar surface area (TPSA) is 12.0 Å². The van der Waals surface area contributed by atoms with E-state index in [1.807, 2.05) is 18.2 Å². The molecule has 0 heterocycles. The minimum absolute atomic E-state index is 0.590. The van der Waals surface area contributed by atoms with Crippen molar-refractivity contribution in [3.63, 3.8) is 0 Å². The summed E-state index contributed by atoms with van der Waals surface area (Å²) in [6, 6.07) is 8.62. The second-order valence-electron chi connectivity index (χ2n) is 5.07. The van der Waals surface area contributed by atoms with Gasteiger partial charge < -0.3 is 5.32 Å². The zero-order valence-electron chi connectivity index (χ0n) is 10.0. The lowest BCUT2D eigenvalue weighted by Crippen LogP contribution is -2.37. The molecule has 0 aromatic heterocycles. The minimum atomic E-state index is 0.590. The number of hydrogen-bond acceptors (Lipinski definition) is 1. The number of hydrogen-bond donors (Lipinski definition) is 1. The SMILES string of the molecule is CC1CCCC(C)C1Nc1cccc(Cl)c1. The van der Waals surface area contributed by atoms with Crippen molar-refractivity contribution in [3.8, 4) is 0 Å². The molecule has 0 bridgehead atoms. The van der Waals surface area contributed by atoms with Crippen molar-refractivity contribution in [1.82, 2.24) is 0 Å². The van der Waals surface area contributed by atoms with Gasteiger partial charge in [0.2, 0.25) is 0 Å². The molecule has 16 heavy (non-hydrogen) atoms. The van der Waals surface area contributed by atoms with Gasteiger partial charge in [-0.25, -0.2) is 0 Å². The lowest BCUT2D eigenvalue weighted by atomic mass is 9.78. The maximum Gasteiger partial charge on any atom is 0.0426 e. The van der Waals surface area contributed by atoms with Gasteiger partial charge in [0, 0.05) is 16.8 Å². The summed E-state index contributed by atoms with van der Waals surface area (Å²) in [4.78, 5) is 0. The highest BCUT2D eigenvalue weighted by atomic mass is 35.5. The van der Waals surface area contributed by atoms with E-state index >= 15 is 0 Å². The largest absolute Gasteiger partial charge is 0.382 e. The molecule has 1 aromatic rings. The summed E-state index contributed by atoms with van der Waals surface area (Å²) in [7, 11) is 0. The van der Waals surface area contributed by atoms with Crippen molar-refractivity contribution < 1.29 is 0 Å². The molecule has 0 radical (unpaired) electrons. The predicted octanol–water partition coefficient (Wildman–Crippen LogP) is 4.58. The number of nitrogens with one attached hydrogen (secondary N) is 1. The van der Waals surface area contributed by atoms with Crippen LogP contribution in [0, 0.1) is 11.8 Å². The fraction of sp³-hybridized carbons (Fsp3) is 0.571. The Morgan fingerprint density at radius 3 is 2.50 bits per heavy atom. The molecule has 1 nitrogen and oxygen atoms in total. The summed E-state index contributed by atoms with van der Waals surface area (Å²) in [5, 5.41) is 4.44. The fourth-order valence-electron chi connectivity index (χ4n) is 2.74. The van der Waals surface area contributed by atoms with Crippen molar-refractivity contribution in [1.29, 1.82) is 0 Å². The molecule has 1 aliphatic carbocycles. The monoisotopic (exact) mass is 237 g/mol. The van der Waals surface area contributed by atoms with Crippen LogP contribution in [0.3, 0.4) is 0 Å². The molecule has 0 amide bonds. The molecular formula is C14H20ClN. The van der Waals surface area contributed by atoms with Gasteiger partial charge in [0.1, 0.15) is 0 Å². The summed E-state index contributed by atoms with van der Waals surface area (Å²) in [5.74, 6) is 1.51. The predicted molar refractivity (Wildman–Crippen MR) is 71.0 cm³/mol. The van der Waals surface area contributed by atoms with Crippen molar-refractivity contribution >= 4 is 17.3 Å². The summed E-state index contributed by atoms with van der Waals surface area (Å²) in [5.41, 5.74) is 1.15. The van der Waals surface area contributed by atoms with Gasteiger partial charge >= 0.3 is 0 Å². The van der Waals surface area contributed by atoms with Crippen molar-refractivity contribution in [2.45, 2.75) is 39.2 Å². The quantitative estimate of drug-likeness (QED) is 0.794. The van der Waals surface area contributed by atoms with Crippen LogP contribution in [0.15, 0.2) is 24.3 Å². The average Bonchev–Trinajstić information content (AvgIpc) is 2.24. The molecule has 0 saturated heterocycles. The third kappa shape index (κ3) is 2.70. The molecule has 1 aromatic carbocycles. The minimum Gasteiger partial charge on any atom is -0.382 e. The van der Waals surface area contributed by atoms with Gasteiger partial charge in [-0.1, -0.05) is 37.9 Å². The third-order valence-electron chi connectivity index (χ3n) is 3.70. The molecule has 1 aliphatic rings. The molecule has 2 heteroatoms. The van der Waals surface area contributed by atoms with E-state index in [4.69, 9.17) is 11.6 Å². The second-order valence-corrected chi connectivity index (χ2v) is 5.50. The molecular weight excluding hydrogens is 218 g/mol. The van der Waals surface area contributed by atoms with Crippen LogP contribution in [0.2, 0.25) is 5.02 Å². The Morgan fingerprint density at radius 2 is 1.88 bits per heavy atom. The Hall–Kier alpha value is -0.690. The van der Waals surface area contributed by atoms with E-state index < -0.39 is 0 Å². The molecule has 1 fully saturated rings. The first-order valence-corrected chi connectivity index (χ1v) is 6.56. The van der Waals surface area contributed by atoms with Crippen LogP contribution in [-0.2, 0) is 0 Å². The first kappa shape index (κ1) is 11.8. The molecule has 2 unspecified atom stereocenters. The van der Waals surface area contributed by atoms with E-state index in [2.05, 4.69) is 25.2 Å². The van der Waals surface area contributed by atoms with Crippen LogP contribution in [0.4, 0.5) is 5.69 Å². The van der Waals surface area contributed by atoms with E-state index in [0.717, 1.165) is 22.5 Å². The van der Waals surface area contributed by atoms with Gasteiger partial charge in [-0.3, -0.25) is 0 Å². The summed E-state index contributed by atoms with van der Waals surface area (Å²) >= 11 is 6.00. The third-order valence-corrected chi connectivity index (χ3v) is 3.94. The van der Waals surface area contributed by atoms with E-state index in [1.54, 1.807) is 0 Å². The van der Waals surface area contributed by atoms with Gasteiger partial charge in [-0.2, -0.15) is 0 Å². The molecule has 88 valence electrons. The Labute approximate surface area is 103 Å². The molecule has 2 atom stereocenters. The Morgan fingerprint density at radius 1 is 1.19 bits per heavy atom. The van der Waals surface area contributed by atoms with Crippen LogP contribution in [0.1, 0.15) is 33.1 Å². The normalized spacial score (nSPS) is 30.1. The Bertz CT molecular complexity index is 340. The first-order valence-electron chi connectivity index (χ1n) is 6.19. The van der Waals surface area contributed by atoms with Crippen molar-refractivity contribution in [2.75, 3.05) is 5.32 Å². The zero-order chi connectivity index (χ0) is 11.5. The number of benzene rings is 1. The zero-order valence-corrected chi connectivity index (χ0v) is 10.8. The highest BCUT2D eigenvalue weighted by Crippen LogP contribution is 2.31. The smallest absolute Gasteiger partial charge is 0.0426 e. The molecule has 0 spiro atoms. The Kier molecular flexibility index (Phi) is 3.75. The van der Waals surface area contributed by atoms with Gasteiger partial charge in [-0.05, 0) is 42.9 Å². The van der Waals surface area contributed by atoms with Crippen LogP contribution in [0.5, 0.6) is 0 Å². The fourth-order valence-corrected chi connectivity index (χ4v) is 2.93. The van der Waals surface area contributed by atoms with Gasteiger partial charge in [0.15, 0.2) is 0 Å². The lowest BCUT2D eigenvalue weighted by molar-refractivity contribution is 0.268. The maximum atomic E-state index is 6.00. The standard InChI is InChI=1S/C14H20ClN/c1-10-5-3-6-11(2)14(10)16-13-8-4-7-12(15)9-13/h4,7-11,14,16H,3,5-6H2,1-2H3. The lowest BCUT2D eigenvalue weighted by Gasteiger charge is -2.35. The van der Waals surface area contributed by atoms with E-state index in [0.29, 0.717) is 6.04 Å². The second kappa shape index (κ2) is 5.09. The van der Waals surface area contributed by atoms with E-state index in [9.17, 15) is 0 Å². The van der Waals surface area contributed by atoms with Crippen LogP contribution < -0.4 is 5.32 Å². The van der Waals surface area contributed by atoms with Crippen molar-refractivity contribution in [3.05, 3.63) is 29.3 Å². The summed E-state index contributed by atoms with van der Waals surface area (Å²) in [6.07, 6.45) is 4.04. The molecule has 1 N–H and O–H groups in total. The summed E-state index contributed by atoms with van der Waals surface area (Å²) in [6.45, 7) is 4.69. The Balaban J connectivity index is 2.07. The van der Waals surface area contributed by atoms with E-state index in [1.165, 1.54) is 19.3 Å². The van der Waals surface area contributed by atoms with Crippen LogP contribution >= 0.6 is 11.6 Å².